The maximum absolute atomic E-state index is 12.8. The average Bonchev–Trinajstić information content (AvgIpc) is 3.49. The van der Waals surface area contributed by atoms with E-state index in [-0.39, 0.29) is 42.5 Å². The summed E-state index contributed by atoms with van der Waals surface area (Å²) in [6.07, 6.45) is -2.11. The number of ether oxygens (including phenoxy) is 2. The van der Waals surface area contributed by atoms with Gasteiger partial charge in [0.2, 0.25) is 11.8 Å². The Morgan fingerprint density at radius 2 is 1.08 bits per heavy atom. The van der Waals surface area contributed by atoms with Gasteiger partial charge in [-0.15, -0.1) is 0 Å². The number of fused-ring (bicyclic) bond motifs is 2. The molecule has 17 nitrogen and oxygen atoms in total. The number of carbonyl (C=O) groups excluding carboxylic acids is 6. The zero-order chi connectivity index (χ0) is 38.4. The molecule has 1 N–H and O–H groups in total. The van der Waals surface area contributed by atoms with Gasteiger partial charge >= 0.3 is 23.7 Å². The van der Waals surface area contributed by atoms with Crippen molar-refractivity contribution in [3.63, 3.8) is 0 Å². The molecule has 6 rings (SSSR count). The monoisotopic (exact) mass is 722 g/mol. The number of phenolic OH excluding ortho intramolecular Hbond substituents is 1. The lowest BCUT2D eigenvalue weighted by Crippen LogP contribution is -2.51. The minimum atomic E-state index is -1.08. The molecular formula is C35H38N4O13. The number of aromatic hydroxyl groups is 1. The topological polar surface area (TPSA) is 218 Å². The number of amides is 6. The number of hydrogen-bond acceptors (Lipinski definition) is 13. The second-order valence-electron chi connectivity index (χ2n) is 14.3. The zero-order valence-electron chi connectivity index (χ0n) is 29.6. The third kappa shape index (κ3) is 7.52. The molecule has 17 heteroatoms. The van der Waals surface area contributed by atoms with Crippen LogP contribution < -0.4 is 11.5 Å². The molecule has 2 aliphatic rings. The Bertz CT molecular complexity index is 2080. The van der Waals surface area contributed by atoms with Crippen LogP contribution in [0, 0.1) is 6.92 Å². The van der Waals surface area contributed by atoms with E-state index in [0.717, 1.165) is 10.1 Å². The first-order valence-corrected chi connectivity index (χ1v) is 16.3. The molecule has 4 heterocycles. The summed E-state index contributed by atoms with van der Waals surface area (Å²) in [7, 11) is 0. The van der Waals surface area contributed by atoms with Crippen LogP contribution in [0.4, 0.5) is 9.59 Å². The van der Waals surface area contributed by atoms with Crippen molar-refractivity contribution in [1.82, 2.24) is 18.9 Å². The lowest BCUT2D eigenvalue weighted by atomic mass is 10.0. The number of aryl methyl sites for hydroxylation is 1. The number of carbonyl (C=O) groups is 6. The molecule has 6 amide bonds. The van der Waals surface area contributed by atoms with Gasteiger partial charge in [-0.05, 0) is 91.1 Å². The molecule has 2 aliphatic heterocycles. The van der Waals surface area contributed by atoms with E-state index in [1.165, 1.54) is 22.8 Å². The first-order chi connectivity index (χ1) is 24.2. The molecule has 2 unspecified atom stereocenters. The molecule has 0 bridgehead atoms. The molecule has 276 valence electrons. The fourth-order valence-electron chi connectivity index (χ4n) is 5.77. The van der Waals surface area contributed by atoms with Crippen LogP contribution in [0.5, 0.6) is 5.75 Å². The Morgan fingerprint density at radius 3 is 1.50 bits per heavy atom. The lowest BCUT2D eigenvalue weighted by molar-refractivity contribution is -0.151. The number of likely N-dealkylation sites (tertiary alicyclic amines) is 2. The van der Waals surface area contributed by atoms with Gasteiger partial charge in [0.25, 0.3) is 11.8 Å². The maximum atomic E-state index is 12.8. The molecule has 2 aromatic heterocycles. The van der Waals surface area contributed by atoms with E-state index in [9.17, 15) is 43.5 Å². The average molecular weight is 723 g/mol. The van der Waals surface area contributed by atoms with E-state index in [0.29, 0.717) is 20.9 Å². The van der Waals surface area contributed by atoms with Gasteiger partial charge in [-0.1, -0.05) is 6.07 Å². The standard InChI is InChI=1S/C18H20N2O6.C17H18N2O7/c1-10-5-6-11-13(9-10)25-16(23)19(11)12-7-8-14(21)20(15(12)22)17(24)26-18(2,3)4;1-17(2,3)26-16(24)19-13(21)7-6-11(14(19)22)18-10-5-4-9(20)8-12(10)25-15(18)23/h5-6,9,12H,7-8H2,1-4H3;4-5,8,11,20H,6-7H2,1-3H3. The van der Waals surface area contributed by atoms with Gasteiger partial charge in [0.05, 0.1) is 11.0 Å². The lowest BCUT2D eigenvalue weighted by Gasteiger charge is -2.31. The van der Waals surface area contributed by atoms with Crippen molar-refractivity contribution in [3.8, 4) is 5.75 Å². The van der Waals surface area contributed by atoms with Crippen LogP contribution >= 0.6 is 0 Å². The quantitative estimate of drug-likeness (QED) is 0.283. The fraction of sp³-hybridized carbons (Fsp3) is 0.429. The smallest absolute Gasteiger partial charge is 0.424 e. The molecule has 4 aromatic rings. The number of benzene rings is 2. The van der Waals surface area contributed by atoms with Crippen molar-refractivity contribution in [2.24, 2.45) is 0 Å². The summed E-state index contributed by atoms with van der Waals surface area (Å²) in [5.74, 6) is -4.59. The van der Waals surface area contributed by atoms with Gasteiger partial charge in [-0.25, -0.2) is 19.2 Å². The molecule has 2 saturated heterocycles. The highest BCUT2D eigenvalue weighted by Gasteiger charge is 2.44. The second kappa shape index (κ2) is 13.6. The van der Waals surface area contributed by atoms with E-state index >= 15 is 0 Å². The Labute approximate surface area is 295 Å². The van der Waals surface area contributed by atoms with Gasteiger partial charge in [0.15, 0.2) is 11.2 Å². The Morgan fingerprint density at radius 1 is 0.673 bits per heavy atom. The van der Waals surface area contributed by atoms with Crippen molar-refractivity contribution in [3.05, 3.63) is 63.1 Å². The van der Waals surface area contributed by atoms with Crippen LogP contribution in [0.25, 0.3) is 22.2 Å². The van der Waals surface area contributed by atoms with Gasteiger partial charge < -0.3 is 23.4 Å². The zero-order valence-corrected chi connectivity index (χ0v) is 29.6. The molecule has 0 aliphatic carbocycles. The predicted octanol–water partition coefficient (Wildman–Crippen LogP) is 4.45. The largest absolute Gasteiger partial charge is 0.508 e. The summed E-state index contributed by atoms with van der Waals surface area (Å²) >= 11 is 0. The number of nitrogens with zero attached hydrogens (tertiary/aromatic N) is 4. The van der Waals surface area contributed by atoms with E-state index in [1.54, 1.807) is 59.7 Å². The van der Waals surface area contributed by atoms with E-state index < -0.39 is 70.6 Å². The molecule has 2 atom stereocenters. The highest BCUT2D eigenvalue weighted by Crippen LogP contribution is 2.30. The van der Waals surface area contributed by atoms with Crippen LogP contribution in [0.15, 0.2) is 54.8 Å². The van der Waals surface area contributed by atoms with Crippen LogP contribution in [-0.4, -0.2) is 71.1 Å². The summed E-state index contributed by atoms with van der Waals surface area (Å²) < 4.78 is 22.8. The Kier molecular flexibility index (Phi) is 9.75. The maximum Gasteiger partial charge on any atom is 0.424 e. The van der Waals surface area contributed by atoms with Crippen molar-refractivity contribution >= 4 is 58.0 Å². The summed E-state index contributed by atoms with van der Waals surface area (Å²) in [6, 6.07) is 7.09. The number of imide groups is 6. The predicted molar refractivity (Wildman–Crippen MR) is 180 cm³/mol. The van der Waals surface area contributed by atoms with E-state index in [1.807, 2.05) is 6.92 Å². The highest BCUT2D eigenvalue weighted by atomic mass is 16.6. The van der Waals surface area contributed by atoms with Crippen LogP contribution in [0.3, 0.4) is 0 Å². The van der Waals surface area contributed by atoms with E-state index in [2.05, 4.69) is 0 Å². The number of phenols is 1. The molecule has 0 radical (unpaired) electrons. The van der Waals surface area contributed by atoms with Gasteiger partial charge in [0.1, 0.15) is 29.0 Å². The minimum Gasteiger partial charge on any atom is -0.508 e. The SMILES string of the molecule is CC(C)(C)OC(=O)N1C(=O)CCC(n2c(=O)oc3cc(O)ccc32)C1=O.Cc1ccc2c(c1)oc(=O)n2C1CCC(=O)N(C(=O)OC(C)(C)C)C1=O. The van der Waals surface area contributed by atoms with Crippen molar-refractivity contribution in [2.45, 2.75) is 97.4 Å². The molecule has 2 fully saturated rings. The Balaban J connectivity index is 0.000000201. The first kappa shape index (κ1) is 37.3. The van der Waals surface area contributed by atoms with Crippen LogP contribution in [0.2, 0.25) is 0 Å². The normalized spacial score (nSPS) is 18.4. The molecule has 2 aromatic carbocycles. The first-order valence-electron chi connectivity index (χ1n) is 16.3. The molecule has 0 saturated carbocycles. The third-order valence-electron chi connectivity index (χ3n) is 7.91. The number of aromatic nitrogens is 2. The number of rotatable bonds is 2. The minimum absolute atomic E-state index is 0.0480. The van der Waals surface area contributed by atoms with Gasteiger partial charge in [-0.3, -0.25) is 28.3 Å². The fourth-order valence-corrected chi connectivity index (χ4v) is 5.77. The summed E-state index contributed by atoms with van der Waals surface area (Å²) in [5.41, 5.74) is 0.329. The van der Waals surface area contributed by atoms with Crippen molar-refractivity contribution in [2.75, 3.05) is 0 Å². The van der Waals surface area contributed by atoms with Gasteiger partial charge in [-0.2, -0.15) is 9.80 Å². The highest BCUT2D eigenvalue weighted by molar-refractivity contribution is 6.12. The Hall–Kier alpha value is -6.00. The number of oxazole rings is 2. The summed E-state index contributed by atoms with van der Waals surface area (Å²) in [5, 5.41) is 9.50. The third-order valence-corrected chi connectivity index (χ3v) is 7.91. The van der Waals surface area contributed by atoms with Crippen LogP contribution in [0.1, 0.15) is 84.9 Å². The van der Waals surface area contributed by atoms with Crippen molar-refractivity contribution < 1.29 is 52.2 Å². The number of hydrogen-bond donors (Lipinski definition) is 1. The number of piperidine rings is 2. The summed E-state index contributed by atoms with van der Waals surface area (Å²) in [4.78, 5) is 99.8. The van der Waals surface area contributed by atoms with E-state index in [4.69, 9.17) is 18.3 Å². The van der Waals surface area contributed by atoms with Crippen molar-refractivity contribution in [1.29, 1.82) is 0 Å². The van der Waals surface area contributed by atoms with Crippen LogP contribution in [-0.2, 0) is 28.7 Å². The molecular weight excluding hydrogens is 684 g/mol. The molecule has 52 heavy (non-hydrogen) atoms. The molecule has 0 spiro atoms. The van der Waals surface area contributed by atoms with Gasteiger partial charge in [0, 0.05) is 18.9 Å². The summed E-state index contributed by atoms with van der Waals surface area (Å²) in [6.45, 7) is 11.6. The second-order valence-corrected chi connectivity index (χ2v) is 14.3.